The zero-order chi connectivity index (χ0) is 96.3. The number of ketones is 1. The number of Topliss-reactive ketones (excluding diaryl/α,β-unsaturated/α-hetero) is 1. The summed E-state index contributed by atoms with van der Waals surface area (Å²) >= 11 is 0. The van der Waals surface area contributed by atoms with E-state index < -0.39 is 228 Å². The van der Waals surface area contributed by atoms with Crippen LogP contribution in [0, 0.1) is 54.0 Å². The number of fused-ring (bicyclic) bond motifs is 2. The number of carbonyl (C=O) groups excluding carboxylic acids is 4. The van der Waals surface area contributed by atoms with Crippen molar-refractivity contribution in [3.63, 3.8) is 0 Å². The van der Waals surface area contributed by atoms with E-state index in [2.05, 4.69) is 34.7 Å². The number of rotatable bonds is 17. The van der Waals surface area contributed by atoms with Gasteiger partial charge in [0.1, 0.15) is 119 Å². The van der Waals surface area contributed by atoms with E-state index >= 15 is 0 Å². The molecule has 42 heteroatoms. The van der Waals surface area contributed by atoms with Crippen molar-refractivity contribution in [2.24, 2.45) is 62.5 Å². The largest absolute Gasteiger partial charge is 0.507 e. The number of carbonyl (C=O) groups is 5. The number of aromatic nitrogens is 1. The van der Waals surface area contributed by atoms with Crippen LogP contribution < -0.4 is 64.7 Å². The number of aromatic carboxylic acids is 1. The molecule has 1 saturated carbocycles. The van der Waals surface area contributed by atoms with Crippen LogP contribution in [0.2, 0.25) is 0 Å². The first-order valence-corrected chi connectivity index (χ1v) is 43.6. The number of pyridine rings is 1. The number of halogens is 3. The van der Waals surface area contributed by atoms with Crippen LogP contribution in [-0.4, -0.2) is 311 Å². The molecule has 5 aromatic rings. The third kappa shape index (κ3) is 21.6. The van der Waals surface area contributed by atoms with Gasteiger partial charge >= 0.3 is 17.7 Å². The number of esters is 1. The minimum absolute atomic E-state index is 0.0101. The number of piperidine rings is 1. The number of phenolic OH excluding ortho intramolecular Hbond substituents is 2. The number of methoxy groups -OCH3 is 1. The first-order valence-electron chi connectivity index (χ1n) is 43.6. The molecule has 4 aromatic carbocycles. The average Bonchev–Trinajstić information content (AvgIpc) is 1.54. The Labute approximate surface area is 752 Å². The second-order valence-corrected chi connectivity index (χ2v) is 35.6. The van der Waals surface area contributed by atoms with E-state index in [0.29, 0.717) is 57.5 Å². The SMILES string of the molecule is CC1CN(c2cc3c(cc2F)c(=O)c(C(=O)O)cn3-c2ccc(F)cc2F)CCN1.CO[C@H]1/C=C\O[C@@]2(C)Oc3c(C)c(O)c4c(O)c(c5c(c4c3C2=O)=NC2(CCN(CC(C)C)CC2)N=5)NC(=O)/C(C)=C/C=C\[C@H](C)[C@H](O)[C@@H](C)[C@@H](O)[C@H](C)[C@@H](OC(C)=O)[C@@H]1C.NCCC(O)C(=O)N[C@@H]1C[C@H](N)C(O[C@H]2O[C@H](CN)[C@@H](O)[C@H](O)[C@H]2O)[C@H](O)[C@H]1O[C@H]1O[C@H](CO)[C@@H](O)[C@H](N)[C@H]1O. The number of amides is 2. The van der Waals surface area contributed by atoms with Gasteiger partial charge in [-0.05, 0) is 76.4 Å². The number of aliphatic hydroxyl groups is 10. The van der Waals surface area contributed by atoms with Gasteiger partial charge in [0, 0.05) is 150 Å². The first-order chi connectivity index (χ1) is 61.8. The Morgan fingerprint density at radius 3 is 2.05 bits per heavy atom. The van der Waals surface area contributed by atoms with Crippen LogP contribution >= 0.6 is 0 Å². The van der Waals surface area contributed by atoms with Crippen LogP contribution in [0.3, 0.4) is 0 Å². The summed E-state index contributed by atoms with van der Waals surface area (Å²) in [4.78, 5) is 92.2. The number of anilines is 2. The van der Waals surface area contributed by atoms with Crippen LogP contribution in [0.5, 0.6) is 17.2 Å². The Morgan fingerprint density at radius 2 is 1.42 bits per heavy atom. The number of piperazine rings is 1. The number of ether oxygens (including phenoxy) is 8. The maximum Gasteiger partial charge on any atom is 0.341 e. The molecule has 39 nitrogen and oxygen atoms in total. The maximum absolute atomic E-state index is 14.9. The highest BCUT2D eigenvalue weighted by Crippen LogP contribution is 2.51. The number of benzene rings is 4. The molecule has 24 N–H and O–H groups in total. The Balaban J connectivity index is 0.000000203. The quantitative estimate of drug-likeness (QED) is 0.0401. The lowest BCUT2D eigenvalue weighted by Crippen LogP contribution is -2.69. The fourth-order valence-electron chi connectivity index (χ4n) is 18.0. The minimum atomic E-state index is -1.96. The van der Waals surface area contributed by atoms with E-state index in [1.54, 1.807) is 70.7 Å². The summed E-state index contributed by atoms with van der Waals surface area (Å²) in [6, 6.07) is 1.84. The number of nitrogens with two attached hydrogens (primary N) is 4. The van der Waals surface area contributed by atoms with Crippen molar-refractivity contribution in [3.05, 3.63) is 128 Å². The van der Waals surface area contributed by atoms with Crippen molar-refractivity contribution in [3.8, 4) is 22.9 Å². The second-order valence-electron chi connectivity index (χ2n) is 35.6. The number of hydrogen-bond donors (Lipinski definition) is 20. The van der Waals surface area contributed by atoms with Crippen LogP contribution in [0.25, 0.3) is 27.4 Å². The first kappa shape index (κ1) is 102. The fraction of sp³-hybridized carbons (Fsp3) is 0.596. The number of carboxylic acid groups (broad SMARTS) is 1. The predicted molar refractivity (Wildman–Crippen MR) is 465 cm³/mol. The van der Waals surface area contributed by atoms with Gasteiger partial charge in [-0.15, -0.1) is 0 Å². The molecule has 722 valence electrons. The number of aromatic hydroxyl groups is 2. The van der Waals surface area contributed by atoms with E-state index in [1.807, 2.05) is 6.92 Å². The van der Waals surface area contributed by atoms with E-state index in [-0.39, 0.29) is 110 Å². The molecular weight excluding hydrogens is 1730 g/mol. The molecule has 13 rings (SSSR count). The van der Waals surface area contributed by atoms with E-state index in [9.17, 15) is 108 Å². The van der Waals surface area contributed by atoms with Gasteiger partial charge in [-0.2, -0.15) is 0 Å². The molecule has 0 radical (unpaired) electrons. The molecule has 4 saturated heterocycles. The van der Waals surface area contributed by atoms with Gasteiger partial charge in [0.05, 0.1) is 76.5 Å². The zero-order valence-corrected chi connectivity index (χ0v) is 74.8. The minimum Gasteiger partial charge on any atom is -0.507 e. The molecule has 7 aliphatic heterocycles. The molecular formula is C89H123F3N12O27. The number of nitrogens with zero attached hydrogens (tertiary/aromatic N) is 5. The van der Waals surface area contributed by atoms with Gasteiger partial charge in [-0.1, -0.05) is 59.8 Å². The Kier molecular flexibility index (Phi) is 33.1. The van der Waals surface area contributed by atoms with Gasteiger partial charge in [-0.3, -0.25) is 34.0 Å². The highest BCUT2D eigenvalue weighted by molar-refractivity contribution is 6.19. The molecule has 1 aliphatic carbocycles. The third-order valence-electron chi connectivity index (χ3n) is 25.6. The Morgan fingerprint density at radius 1 is 0.763 bits per heavy atom. The number of nitrogens with one attached hydrogen (secondary N) is 3. The second kappa shape index (κ2) is 42.5. The molecule has 3 unspecified atom stereocenters. The van der Waals surface area contributed by atoms with Crippen LogP contribution in [0.4, 0.5) is 24.5 Å². The number of hydrogen-bond acceptors (Lipinski definition) is 35. The van der Waals surface area contributed by atoms with Crippen molar-refractivity contribution >= 4 is 62.6 Å². The smallest absolute Gasteiger partial charge is 0.341 e. The van der Waals surface area contributed by atoms with E-state index in [0.717, 1.165) is 35.5 Å². The molecule has 1 spiro atoms. The molecule has 1 aromatic heterocycles. The fourth-order valence-corrected chi connectivity index (χ4v) is 18.0. The number of allylic oxidation sites excluding steroid dienone is 2. The van der Waals surface area contributed by atoms with Gasteiger partial charge in [0.2, 0.25) is 11.3 Å². The maximum atomic E-state index is 14.9. The van der Waals surface area contributed by atoms with Crippen LogP contribution in [-0.2, 0) is 47.5 Å². The molecule has 4 bridgehead atoms. The Bertz CT molecular complexity index is 5300. The lowest BCUT2D eigenvalue weighted by molar-refractivity contribution is -0.332. The topological polar surface area (TPSA) is 616 Å². The molecule has 131 heavy (non-hydrogen) atoms. The molecule has 8 aliphatic rings. The summed E-state index contributed by atoms with van der Waals surface area (Å²) in [7, 11) is 1.47. The summed E-state index contributed by atoms with van der Waals surface area (Å²) in [5.74, 6) is -11.2. The summed E-state index contributed by atoms with van der Waals surface area (Å²) in [6.07, 6.45) is -13.8. The molecule has 5 fully saturated rings. The number of aliphatic hydroxyl groups excluding tert-OH is 10. The number of carboxylic acids is 1. The third-order valence-corrected chi connectivity index (χ3v) is 25.6. The summed E-state index contributed by atoms with van der Waals surface area (Å²) in [5.41, 5.74) is 21.2. The van der Waals surface area contributed by atoms with Crippen molar-refractivity contribution in [1.29, 1.82) is 0 Å². The molecule has 26 atom stereocenters. The highest BCUT2D eigenvalue weighted by atomic mass is 19.1. The standard InChI is InChI=1S/C46H62N4O11.C22H43N5O13.C21H18F3N3O3/c1-22(2)21-50-18-16-46(17-19-50)48-34-31-32-39(54)28(8)42-33(31)43(56)45(10,61-42)59-20-15-30(58-11)25(5)41(60-29(9)51)27(7)38(53)26(6)37(52)23(3)13-12-14-24(4)44(57)47-36(40(32)55)35(34)49-46;23-2-1-8(29)20(36)27-7-3-6(25)18(39-22-16(34)15(33)13(31)9(4-24)37-22)17(35)19(7)40-21-14(32)11(26)12(30)10(5-28)38-21;1-11-9-26(5-4-25-11)19-8-18-13(7-16(19)24)20(28)14(21(29)30)10-27(18)17-3-2-12(22)6-15(17)23/h12-15,20,22-23,25-27,30,37-38,41,52-55H,16-19,21H2,1-11H3,(H,47,57);6-19,21-22,28-35H,1-5,23-26H2,(H,27,36);2-3,6-8,10-11,25H,4-5,9H2,1H3,(H,29,30)/b13-12-,20-15-,24-14+;;/t23-,25+,26+,27-,30-,37-,38+,41-,45-;6-,7+,8?,9+,10+,11-,12+,13+,14+,15-,16+,17-,18?,19-,21+,22+;/m00./s1. The highest BCUT2D eigenvalue weighted by Gasteiger charge is 2.55. The van der Waals surface area contributed by atoms with Crippen molar-refractivity contribution in [2.75, 3.05) is 76.3 Å². The van der Waals surface area contributed by atoms with E-state index in [4.69, 9.17) is 70.8 Å². The molecule has 2 amide bonds. The average molecular weight is 1850 g/mol. The van der Waals surface area contributed by atoms with Crippen molar-refractivity contribution in [2.45, 2.75) is 242 Å². The molecule has 8 heterocycles. The van der Waals surface area contributed by atoms with Crippen molar-refractivity contribution < 1.29 is 141 Å². The van der Waals surface area contributed by atoms with Gasteiger partial charge in [0.25, 0.3) is 11.7 Å². The summed E-state index contributed by atoms with van der Waals surface area (Å²) < 4.78 is 90.5. The van der Waals surface area contributed by atoms with Crippen LogP contribution in [0.1, 0.15) is 121 Å². The normalized spacial score (nSPS) is 33.4. The van der Waals surface area contributed by atoms with Gasteiger partial charge < -0.3 is 158 Å². The lowest BCUT2D eigenvalue weighted by atomic mass is 9.78. The number of likely N-dealkylation sites (tertiary alicyclic amines) is 1. The van der Waals surface area contributed by atoms with Gasteiger partial charge in [0.15, 0.2) is 24.0 Å². The monoisotopic (exact) mass is 1850 g/mol. The van der Waals surface area contributed by atoms with Gasteiger partial charge in [-0.25, -0.2) is 18.0 Å². The van der Waals surface area contributed by atoms with Crippen LogP contribution in [0.15, 0.2) is 87.4 Å². The van der Waals surface area contributed by atoms with Crippen molar-refractivity contribution in [1.82, 2.24) is 20.1 Å². The Hall–Kier alpha value is -9.33. The summed E-state index contributed by atoms with van der Waals surface area (Å²) in [6.45, 7) is 22.3. The number of phenols is 2. The van der Waals surface area contributed by atoms with E-state index in [1.165, 1.54) is 33.3 Å². The predicted octanol–water partition coefficient (Wildman–Crippen LogP) is -0.770. The lowest BCUT2D eigenvalue weighted by Gasteiger charge is -2.49. The summed E-state index contributed by atoms with van der Waals surface area (Å²) in [5, 5.41) is 147. The zero-order valence-electron chi connectivity index (χ0n) is 74.8.